The van der Waals surface area contributed by atoms with Crippen molar-refractivity contribution in [3.8, 4) is 0 Å². The topological polar surface area (TPSA) is 50.4 Å². The first-order chi connectivity index (χ1) is 9.58. The van der Waals surface area contributed by atoms with Gasteiger partial charge in [-0.25, -0.2) is 4.39 Å². The van der Waals surface area contributed by atoms with Gasteiger partial charge in [-0.15, -0.1) is 0 Å². The van der Waals surface area contributed by atoms with Crippen LogP contribution in [-0.2, 0) is 9.53 Å². The summed E-state index contributed by atoms with van der Waals surface area (Å²) in [6, 6.07) is 4.02. The molecule has 1 saturated heterocycles. The lowest BCUT2D eigenvalue weighted by Crippen LogP contribution is -2.44. The molecule has 0 aromatic heterocycles. The molecule has 4 nitrogen and oxygen atoms in total. The first kappa shape index (κ1) is 15.2. The van der Waals surface area contributed by atoms with Gasteiger partial charge in [0.1, 0.15) is 5.82 Å². The van der Waals surface area contributed by atoms with Gasteiger partial charge in [0.25, 0.3) is 0 Å². The van der Waals surface area contributed by atoms with Gasteiger partial charge in [-0.2, -0.15) is 0 Å². The van der Waals surface area contributed by atoms with Gasteiger partial charge in [-0.05, 0) is 19.1 Å². The first-order valence-corrected chi connectivity index (χ1v) is 7.00. The molecule has 1 aliphatic rings. The molecule has 1 fully saturated rings. The van der Waals surface area contributed by atoms with E-state index in [0.717, 1.165) is 6.54 Å². The molecule has 0 bridgehead atoms. The van der Waals surface area contributed by atoms with Crippen LogP contribution in [0.25, 0.3) is 0 Å². The largest absolute Gasteiger partial charge is 0.378 e. The fourth-order valence-electron chi connectivity index (χ4n) is 2.27. The Hall–Kier alpha value is -1.17. The number of ether oxygens (including phenoxy) is 1. The summed E-state index contributed by atoms with van der Waals surface area (Å²) < 4.78 is 19.0. The van der Waals surface area contributed by atoms with E-state index in [-0.39, 0.29) is 11.9 Å². The third-order valence-electron chi connectivity index (χ3n) is 3.24. The van der Waals surface area contributed by atoms with Crippen molar-refractivity contribution in [2.45, 2.75) is 25.4 Å². The molecule has 0 saturated carbocycles. The van der Waals surface area contributed by atoms with Crippen molar-refractivity contribution in [1.29, 1.82) is 0 Å². The standard InChI is InChI=1S/C14H18ClFN2O2/c1-9(14-11(15)3-2-4-12(14)16)18-13(19)7-10-8-20-6-5-17-10/h2-4,9-10,17H,5-8H2,1H3,(H,18,19). The Labute approximate surface area is 122 Å². The number of hydrogen-bond acceptors (Lipinski definition) is 3. The van der Waals surface area contributed by atoms with Crippen LogP contribution >= 0.6 is 11.6 Å². The lowest BCUT2D eigenvalue weighted by Gasteiger charge is -2.24. The minimum absolute atomic E-state index is 0.00652. The van der Waals surface area contributed by atoms with E-state index in [1.54, 1.807) is 19.1 Å². The smallest absolute Gasteiger partial charge is 0.222 e. The second-order valence-electron chi connectivity index (χ2n) is 4.85. The van der Waals surface area contributed by atoms with E-state index in [4.69, 9.17) is 16.3 Å². The molecule has 0 aliphatic carbocycles. The minimum Gasteiger partial charge on any atom is -0.378 e. The van der Waals surface area contributed by atoms with E-state index in [1.165, 1.54) is 6.07 Å². The van der Waals surface area contributed by atoms with Crippen molar-refractivity contribution in [3.63, 3.8) is 0 Å². The maximum absolute atomic E-state index is 13.7. The van der Waals surface area contributed by atoms with Gasteiger partial charge < -0.3 is 15.4 Å². The minimum atomic E-state index is -0.472. The summed E-state index contributed by atoms with van der Waals surface area (Å²) in [5.74, 6) is -0.566. The fourth-order valence-corrected chi connectivity index (χ4v) is 2.60. The zero-order chi connectivity index (χ0) is 14.5. The Kier molecular flexibility index (Phi) is 5.34. The highest BCUT2D eigenvalue weighted by atomic mass is 35.5. The molecule has 1 amide bonds. The zero-order valence-corrected chi connectivity index (χ0v) is 12.0. The van der Waals surface area contributed by atoms with Crippen LogP contribution in [0.2, 0.25) is 5.02 Å². The Morgan fingerprint density at radius 2 is 2.45 bits per heavy atom. The number of nitrogens with one attached hydrogen (secondary N) is 2. The summed E-state index contributed by atoms with van der Waals surface area (Å²) in [5.41, 5.74) is 0.315. The molecular weight excluding hydrogens is 283 g/mol. The number of morpholine rings is 1. The van der Waals surface area contributed by atoms with Crippen LogP contribution in [0.1, 0.15) is 24.9 Å². The van der Waals surface area contributed by atoms with Gasteiger partial charge in [0.05, 0.1) is 19.3 Å². The quantitative estimate of drug-likeness (QED) is 0.894. The molecule has 2 atom stereocenters. The molecule has 2 rings (SSSR count). The van der Waals surface area contributed by atoms with Crippen molar-refractivity contribution >= 4 is 17.5 Å². The molecule has 0 spiro atoms. The zero-order valence-electron chi connectivity index (χ0n) is 11.3. The number of halogens is 2. The third-order valence-corrected chi connectivity index (χ3v) is 3.57. The maximum atomic E-state index is 13.7. The lowest BCUT2D eigenvalue weighted by molar-refractivity contribution is -0.122. The second-order valence-corrected chi connectivity index (χ2v) is 5.26. The summed E-state index contributed by atoms with van der Waals surface area (Å²) in [5, 5.41) is 6.28. The normalized spacial score (nSPS) is 20.4. The van der Waals surface area contributed by atoms with Crippen LogP contribution in [0.15, 0.2) is 18.2 Å². The van der Waals surface area contributed by atoms with Gasteiger partial charge in [0, 0.05) is 29.6 Å². The van der Waals surface area contributed by atoms with Crippen molar-refractivity contribution in [2.75, 3.05) is 19.8 Å². The first-order valence-electron chi connectivity index (χ1n) is 6.62. The van der Waals surface area contributed by atoms with Gasteiger partial charge in [0.2, 0.25) is 5.91 Å². The van der Waals surface area contributed by atoms with Crippen molar-refractivity contribution < 1.29 is 13.9 Å². The lowest BCUT2D eigenvalue weighted by atomic mass is 10.1. The summed E-state index contributed by atoms with van der Waals surface area (Å²) in [6.45, 7) is 3.64. The molecular formula is C14H18ClFN2O2. The number of benzene rings is 1. The number of carbonyl (C=O) groups excluding carboxylic acids is 1. The summed E-state index contributed by atoms with van der Waals surface area (Å²) in [6.07, 6.45) is 0.302. The van der Waals surface area contributed by atoms with Crippen LogP contribution in [0.5, 0.6) is 0 Å². The number of amides is 1. The highest BCUT2D eigenvalue weighted by Crippen LogP contribution is 2.25. The molecule has 2 unspecified atom stereocenters. The predicted molar refractivity (Wildman–Crippen MR) is 75.2 cm³/mol. The molecule has 1 aromatic carbocycles. The van der Waals surface area contributed by atoms with E-state index in [1.807, 2.05) is 0 Å². The Balaban J connectivity index is 1.93. The second kappa shape index (κ2) is 7.02. The SMILES string of the molecule is CC(NC(=O)CC1COCCN1)c1c(F)cccc1Cl. The Bertz CT molecular complexity index is 458. The molecule has 1 heterocycles. The van der Waals surface area contributed by atoms with Gasteiger partial charge in [0.15, 0.2) is 0 Å². The summed E-state index contributed by atoms with van der Waals surface area (Å²) in [4.78, 5) is 11.9. The van der Waals surface area contributed by atoms with Crippen LogP contribution in [0, 0.1) is 5.82 Å². The molecule has 1 aliphatic heterocycles. The highest BCUT2D eigenvalue weighted by molar-refractivity contribution is 6.31. The Morgan fingerprint density at radius 3 is 3.10 bits per heavy atom. The summed E-state index contributed by atoms with van der Waals surface area (Å²) in [7, 11) is 0. The van der Waals surface area contributed by atoms with E-state index in [2.05, 4.69) is 10.6 Å². The molecule has 2 N–H and O–H groups in total. The fraction of sp³-hybridized carbons (Fsp3) is 0.500. The number of rotatable bonds is 4. The van der Waals surface area contributed by atoms with Crippen LogP contribution in [0.4, 0.5) is 4.39 Å². The van der Waals surface area contributed by atoms with Gasteiger partial charge >= 0.3 is 0 Å². The highest BCUT2D eigenvalue weighted by Gasteiger charge is 2.20. The molecule has 6 heteroatoms. The molecule has 20 heavy (non-hydrogen) atoms. The van der Waals surface area contributed by atoms with Crippen molar-refractivity contribution in [2.24, 2.45) is 0 Å². The molecule has 1 aromatic rings. The predicted octanol–water partition coefficient (Wildman–Crippen LogP) is 2.03. The average molecular weight is 301 g/mol. The monoisotopic (exact) mass is 300 g/mol. The van der Waals surface area contributed by atoms with E-state index >= 15 is 0 Å². The average Bonchev–Trinajstić information content (AvgIpc) is 2.39. The van der Waals surface area contributed by atoms with E-state index < -0.39 is 11.9 Å². The van der Waals surface area contributed by atoms with Crippen LogP contribution in [0.3, 0.4) is 0 Å². The van der Waals surface area contributed by atoms with Gasteiger partial charge in [-0.1, -0.05) is 17.7 Å². The van der Waals surface area contributed by atoms with Gasteiger partial charge in [-0.3, -0.25) is 4.79 Å². The van der Waals surface area contributed by atoms with Crippen LogP contribution < -0.4 is 10.6 Å². The maximum Gasteiger partial charge on any atom is 0.222 e. The number of hydrogen-bond donors (Lipinski definition) is 2. The van der Waals surface area contributed by atoms with Crippen molar-refractivity contribution in [3.05, 3.63) is 34.6 Å². The number of carbonyl (C=O) groups is 1. The molecule has 110 valence electrons. The third kappa shape index (κ3) is 3.91. The van der Waals surface area contributed by atoms with Crippen LogP contribution in [-0.4, -0.2) is 31.7 Å². The Morgan fingerprint density at radius 1 is 1.65 bits per heavy atom. The van der Waals surface area contributed by atoms with Crippen molar-refractivity contribution in [1.82, 2.24) is 10.6 Å². The molecule has 0 radical (unpaired) electrons. The summed E-state index contributed by atoms with van der Waals surface area (Å²) >= 11 is 5.98. The van der Waals surface area contributed by atoms with E-state index in [9.17, 15) is 9.18 Å². The van der Waals surface area contributed by atoms with E-state index in [0.29, 0.717) is 30.2 Å².